The fourth-order valence-electron chi connectivity index (χ4n) is 1.47. The van der Waals surface area contributed by atoms with Crippen molar-refractivity contribution < 1.29 is 14.7 Å². The number of rotatable bonds is 5. The smallest absolute Gasteiger partial charge is 0.326 e. The number of hydrogen-bond donors (Lipinski definition) is 3. The molecule has 1 unspecified atom stereocenters. The lowest BCUT2D eigenvalue weighted by Gasteiger charge is -2.17. The molecule has 3 N–H and O–H groups in total. The van der Waals surface area contributed by atoms with Crippen LogP contribution in [0.1, 0.15) is 19.4 Å². The van der Waals surface area contributed by atoms with Gasteiger partial charge in [0, 0.05) is 6.20 Å². The molecule has 5 nitrogen and oxygen atoms in total. The van der Waals surface area contributed by atoms with E-state index >= 15 is 0 Å². The molecule has 1 atom stereocenters. The number of carbonyl (C=O) groups excluding carboxylic acids is 1. The van der Waals surface area contributed by atoms with Gasteiger partial charge >= 0.3 is 12.0 Å². The van der Waals surface area contributed by atoms with Crippen LogP contribution in [0.15, 0.2) is 36.5 Å². The summed E-state index contributed by atoms with van der Waals surface area (Å²) in [6.45, 7) is 3.47. The summed E-state index contributed by atoms with van der Waals surface area (Å²) in [7, 11) is 0. The van der Waals surface area contributed by atoms with Gasteiger partial charge in [-0.2, -0.15) is 0 Å². The number of hydrogen-bond acceptors (Lipinski definition) is 2. The van der Waals surface area contributed by atoms with E-state index in [-0.39, 0.29) is 5.92 Å². The van der Waals surface area contributed by atoms with Gasteiger partial charge in [0.25, 0.3) is 0 Å². The van der Waals surface area contributed by atoms with Gasteiger partial charge < -0.3 is 15.7 Å². The molecule has 0 bridgehead atoms. The Morgan fingerprint density at radius 1 is 1.21 bits per heavy atom. The van der Waals surface area contributed by atoms with E-state index in [4.69, 9.17) is 5.11 Å². The third kappa shape index (κ3) is 5.25. The van der Waals surface area contributed by atoms with Crippen LogP contribution in [-0.4, -0.2) is 23.1 Å². The van der Waals surface area contributed by atoms with Gasteiger partial charge in [0.15, 0.2) is 0 Å². The minimum atomic E-state index is -1.04. The Morgan fingerprint density at radius 2 is 1.84 bits per heavy atom. The van der Waals surface area contributed by atoms with Crippen LogP contribution in [0.3, 0.4) is 0 Å². The second-order valence-corrected chi connectivity index (χ2v) is 4.42. The summed E-state index contributed by atoms with van der Waals surface area (Å²) in [5, 5.41) is 13.8. The van der Waals surface area contributed by atoms with Crippen molar-refractivity contribution in [2.45, 2.75) is 19.9 Å². The molecule has 1 aromatic rings. The normalized spacial score (nSPS) is 12.4. The molecular formula is C14H18N2O3. The SMILES string of the molecule is CC(C)C(NC(=O)N/C=C/c1ccccc1)C(=O)O. The summed E-state index contributed by atoms with van der Waals surface area (Å²) in [5.74, 6) is -1.22. The highest BCUT2D eigenvalue weighted by molar-refractivity contribution is 5.83. The zero-order chi connectivity index (χ0) is 14.3. The molecule has 0 radical (unpaired) electrons. The predicted molar refractivity (Wildman–Crippen MR) is 73.4 cm³/mol. The number of aliphatic carboxylic acids is 1. The maximum Gasteiger partial charge on any atom is 0.326 e. The van der Waals surface area contributed by atoms with E-state index in [0.717, 1.165) is 5.56 Å². The number of carboxylic acid groups (broad SMARTS) is 1. The van der Waals surface area contributed by atoms with Crippen molar-refractivity contribution >= 4 is 18.1 Å². The highest BCUT2D eigenvalue weighted by atomic mass is 16.4. The van der Waals surface area contributed by atoms with E-state index in [1.807, 2.05) is 30.3 Å². The summed E-state index contributed by atoms with van der Waals surface area (Å²) in [6, 6.07) is 8.03. The van der Waals surface area contributed by atoms with E-state index in [2.05, 4.69) is 10.6 Å². The fourth-order valence-corrected chi connectivity index (χ4v) is 1.47. The minimum Gasteiger partial charge on any atom is -0.480 e. The monoisotopic (exact) mass is 262 g/mol. The Morgan fingerprint density at radius 3 is 2.37 bits per heavy atom. The molecular weight excluding hydrogens is 244 g/mol. The summed E-state index contributed by atoms with van der Waals surface area (Å²) in [6.07, 6.45) is 3.20. The molecule has 0 aromatic heterocycles. The zero-order valence-corrected chi connectivity index (χ0v) is 11.0. The van der Waals surface area contributed by atoms with Gasteiger partial charge in [-0.25, -0.2) is 9.59 Å². The largest absolute Gasteiger partial charge is 0.480 e. The molecule has 0 spiro atoms. The molecule has 0 saturated carbocycles. The first-order valence-electron chi connectivity index (χ1n) is 6.02. The second-order valence-electron chi connectivity index (χ2n) is 4.42. The maximum atomic E-state index is 11.5. The molecule has 102 valence electrons. The van der Waals surface area contributed by atoms with Gasteiger partial charge in [0.05, 0.1) is 0 Å². The van der Waals surface area contributed by atoms with Crippen molar-refractivity contribution in [3.8, 4) is 0 Å². The zero-order valence-electron chi connectivity index (χ0n) is 11.0. The molecule has 1 rings (SSSR count). The third-order valence-corrected chi connectivity index (χ3v) is 2.51. The number of carbonyl (C=O) groups is 2. The summed E-state index contributed by atoms with van der Waals surface area (Å²) in [4.78, 5) is 22.4. The molecule has 0 heterocycles. The van der Waals surface area contributed by atoms with Crippen LogP contribution < -0.4 is 10.6 Å². The molecule has 0 aliphatic rings. The van der Waals surface area contributed by atoms with Gasteiger partial charge in [-0.1, -0.05) is 44.2 Å². The number of urea groups is 1. The lowest BCUT2D eigenvalue weighted by Crippen LogP contribution is -2.47. The first-order valence-corrected chi connectivity index (χ1v) is 6.02. The second kappa shape index (κ2) is 7.20. The van der Waals surface area contributed by atoms with Crippen molar-refractivity contribution in [1.29, 1.82) is 0 Å². The van der Waals surface area contributed by atoms with Crippen LogP contribution in [0, 0.1) is 5.92 Å². The highest BCUT2D eigenvalue weighted by Crippen LogP contribution is 2.02. The minimum absolute atomic E-state index is 0.179. The quantitative estimate of drug-likeness (QED) is 0.760. The summed E-state index contributed by atoms with van der Waals surface area (Å²) >= 11 is 0. The van der Waals surface area contributed by atoms with Crippen LogP contribution >= 0.6 is 0 Å². The van der Waals surface area contributed by atoms with Crippen LogP contribution in [0.25, 0.3) is 6.08 Å². The number of benzene rings is 1. The summed E-state index contributed by atoms with van der Waals surface area (Å²) in [5.41, 5.74) is 0.946. The summed E-state index contributed by atoms with van der Waals surface area (Å²) < 4.78 is 0. The molecule has 0 aliphatic carbocycles. The maximum absolute atomic E-state index is 11.5. The Labute approximate surface area is 112 Å². The molecule has 0 saturated heterocycles. The van der Waals surface area contributed by atoms with Crippen LogP contribution in [0.2, 0.25) is 0 Å². The first kappa shape index (κ1) is 14.8. The number of nitrogens with one attached hydrogen (secondary N) is 2. The Hall–Kier alpha value is -2.30. The van der Waals surface area contributed by atoms with Crippen molar-refractivity contribution in [3.63, 3.8) is 0 Å². The standard InChI is InChI=1S/C14H18N2O3/c1-10(2)12(13(17)18)16-14(19)15-9-8-11-6-4-3-5-7-11/h3-10,12H,1-2H3,(H,17,18)(H2,15,16,19)/b9-8+. The predicted octanol–water partition coefficient (Wildman–Crippen LogP) is 2.07. The Bertz CT molecular complexity index is 455. The number of amides is 2. The average Bonchev–Trinajstić information content (AvgIpc) is 2.36. The van der Waals surface area contributed by atoms with Gasteiger partial charge in [-0.3, -0.25) is 0 Å². The van der Waals surface area contributed by atoms with Gasteiger partial charge in [0.2, 0.25) is 0 Å². The topological polar surface area (TPSA) is 78.4 Å². The van der Waals surface area contributed by atoms with Crippen LogP contribution in [-0.2, 0) is 4.79 Å². The lowest BCUT2D eigenvalue weighted by molar-refractivity contribution is -0.140. The van der Waals surface area contributed by atoms with E-state index < -0.39 is 18.0 Å². The van der Waals surface area contributed by atoms with Crippen LogP contribution in [0.5, 0.6) is 0 Å². The fraction of sp³-hybridized carbons (Fsp3) is 0.286. The molecule has 19 heavy (non-hydrogen) atoms. The van der Waals surface area contributed by atoms with Crippen LogP contribution in [0.4, 0.5) is 4.79 Å². The van der Waals surface area contributed by atoms with Crippen molar-refractivity contribution in [2.75, 3.05) is 0 Å². The lowest BCUT2D eigenvalue weighted by atomic mass is 10.1. The molecule has 1 aromatic carbocycles. The van der Waals surface area contributed by atoms with Crippen molar-refractivity contribution in [3.05, 3.63) is 42.1 Å². The third-order valence-electron chi connectivity index (χ3n) is 2.51. The van der Waals surface area contributed by atoms with E-state index in [9.17, 15) is 9.59 Å². The van der Waals surface area contributed by atoms with Gasteiger partial charge in [-0.15, -0.1) is 0 Å². The van der Waals surface area contributed by atoms with E-state index in [1.165, 1.54) is 6.20 Å². The Kier molecular flexibility index (Phi) is 5.60. The van der Waals surface area contributed by atoms with Crippen molar-refractivity contribution in [2.24, 2.45) is 5.92 Å². The molecule has 5 heteroatoms. The van der Waals surface area contributed by atoms with Crippen molar-refractivity contribution in [1.82, 2.24) is 10.6 Å². The van der Waals surface area contributed by atoms with Gasteiger partial charge in [-0.05, 0) is 17.6 Å². The highest BCUT2D eigenvalue weighted by Gasteiger charge is 2.22. The molecule has 2 amide bonds. The van der Waals surface area contributed by atoms with E-state index in [0.29, 0.717) is 0 Å². The Balaban J connectivity index is 2.47. The number of carboxylic acids is 1. The molecule has 0 aliphatic heterocycles. The average molecular weight is 262 g/mol. The van der Waals surface area contributed by atoms with Gasteiger partial charge in [0.1, 0.15) is 6.04 Å². The first-order chi connectivity index (χ1) is 9.00. The van der Waals surface area contributed by atoms with E-state index in [1.54, 1.807) is 19.9 Å². The molecule has 0 fully saturated rings.